The van der Waals surface area contributed by atoms with Gasteiger partial charge in [-0.05, 0) is 39.0 Å². The molecule has 4 aromatic rings. The van der Waals surface area contributed by atoms with Crippen molar-refractivity contribution < 1.29 is 23.8 Å². The number of aryl methyl sites for hydroxylation is 1. The molecular weight excluding hydrogens is 493 g/mol. The Labute approximate surface area is 207 Å². The Hall–Kier alpha value is -3.84. The van der Waals surface area contributed by atoms with Gasteiger partial charge in [0.2, 0.25) is 0 Å². The number of fused-ring (bicyclic) bond motifs is 1. The monoisotopic (exact) mass is 517 g/mol. The predicted molar refractivity (Wildman–Crippen MR) is 130 cm³/mol. The lowest BCUT2D eigenvalue weighted by Gasteiger charge is -2.24. The van der Waals surface area contributed by atoms with E-state index >= 15 is 0 Å². The third-order valence-electron chi connectivity index (χ3n) is 5.49. The number of aromatic nitrogens is 5. The molecule has 0 fully saturated rings. The molecule has 0 amide bonds. The number of hydrogen-bond donors (Lipinski definition) is 1. The first-order valence-electron chi connectivity index (χ1n) is 11.0. The van der Waals surface area contributed by atoms with Gasteiger partial charge in [-0.25, -0.2) is 13.8 Å². The lowest BCUT2D eigenvalue weighted by atomic mass is 10.1. The molecule has 1 atom stereocenters. The fourth-order valence-corrected chi connectivity index (χ4v) is 5.22. The first kappa shape index (κ1) is 25.3. The quantitative estimate of drug-likeness (QED) is 0.358. The van der Waals surface area contributed by atoms with Crippen LogP contribution in [0.1, 0.15) is 31.1 Å². The Bertz CT molecular complexity index is 1540. The molecule has 0 saturated carbocycles. The van der Waals surface area contributed by atoms with Crippen LogP contribution in [-0.2, 0) is 22.6 Å². The summed E-state index contributed by atoms with van der Waals surface area (Å²) in [6, 6.07) is 3.97. The van der Waals surface area contributed by atoms with E-state index < -0.39 is 35.7 Å². The molecule has 0 aliphatic carbocycles. The van der Waals surface area contributed by atoms with Crippen molar-refractivity contribution >= 4 is 27.5 Å². The minimum absolute atomic E-state index is 0.140. The molecule has 0 radical (unpaired) electrons. The van der Waals surface area contributed by atoms with E-state index in [1.807, 2.05) is 0 Å². The number of carboxylic acids is 1. The van der Waals surface area contributed by atoms with E-state index in [0.29, 0.717) is 31.3 Å². The number of methoxy groups -OCH3 is 1. The van der Waals surface area contributed by atoms with Gasteiger partial charge in [-0.1, -0.05) is 11.3 Å². The minimum atomic E-state index is -1.34. The molecule has 11 nitrogen and oxygen atoms in total. The number of halogens is 1. The molecule has 0 aliphatic rings. The number of carboxylic acid groups (broad SMARTS) is 1. The molecule has 190 valence electrons. The standard InChI is InChI=1S/C23H24FN5O6S/c1-12(2)35-17(15-9-14(24)5-6-16(15)34-4)10-28-22-19(20(32)27(23(28)33)11-18(30)31)13(3)21(36-22)29-25-7-8-26-29/h5-9,12,17H,10-11H2,1-4H3,(H,30,31)/t17-/m0/s1. The normalized spacial score (nSPS) is 12.4. The summed E-state index contributed by atoms with van der Waals surface area (Å²) in [5.74, 6) is -1.51. The predicted octanol–water partition coefficient (Wildman–Crippen LogP) is 2.51. The third kappa shape index (κ3) is 4.66. The van der Waals surface area contributed by atoms with Gasteiger partial charge in [0.25, 0.3) is 5.56 Å². The van der Waals surface area contributed by atoms with E-state index in [1.54, 1.807) is 20.8 Å². The molecule has 36 heavy (non-hydrogen) atoms. The Balaban J connectivity index is 2.00. The van der Waals surface area contributed by atoms with Gasteiger partial charge in [0.15, 0.2) is 0 Å². The largest absolute Gasteiger partial charge is 0.496 e. The SMILES string of the molecule is COc1ccc(F)cc1[C@H](Cn1c(=O)n(CC(=O)O)c(=O)c2c(C)c(-n3nccn3)sc21)OC(C)C. The van der Waals surface area contributed by atoms with Gasteiger partial charge in [0.05, 0.1) is 37.5 Å². The highest BCUT2D eigenvalue weighted by Gasteiger charge is 2.26. The van der Waals surface area contributed by atoms with Crippen LogP contribution in [0.25, 0.3) is 15.2 Å². The molecule has 0 unspecified atom stereocenters. The van der Waals surface area contributed by atoms with Crippen LogP contribution in [0.5, 0.6) is 5.75 Å². The van der Waals surface area contributed by atoms with Gasteiger partial charge in [-0.15, -0.1) is 4.80 Å². The molecule has 13 heteroatoms. The summed E-state index contributed by atoms with van der Waals surface area (Å²) in [5.41, 5.74) is -0.701. The number of aliphatic carboxylic acids is 1. The molecule has 0 spiro atoms. The summed E-state index contributed by atoms with van der Waals surface area (Å²) >= 11 is 1.11. The summed E-state index contributed by atoms with van der Waals surface area (Å²) in [6.07, 6.45) is 1.78. The molecule has 3 heterocycles. The van der Waals surface area contributed by atoms with Crippen LogP contribution in [0.2, 0.25) is 0 Å². The van der Waals surface area contributed by atoms with Gasteiger partial charge in [-0.3, -0.25) is 14.2 Å². The lowest BCUT2D eigenvalue weighted by molar-refractivity contribution is -0.137. The molecule has 0 saturated heterocycles. The van der Waals surface area contributed by atoms with E-state index in [2.05, 4.69) is 10.2 Å². The van der Waals surface area contributed by atoms with Crippen molar-refractivity contribution in [3.8, 4) is 10.8 Å². The maximum absolute atomic E-state index is 14.2. The number of rotatable bonds is 9. The van der Waals surface area contributed by atoms with Crippen molar-refractivity contribution in [2.45, 2.75) is 46.1 Å². The molecular formula is C23H24FN5O6S. The molecule has 0 aliphatic heterocycles. The molecule has 3 aromatic heterocycles. The second kappa shape index (κ2) is 10.0. The van der Waals surface area contributed by atoms with Crippen molar-refractivity contribution in [1.82, 2.24) is 24.1 Å². The maximum atomic E-state index is 14.2. The Kier molecular flexibility index (Phi) is 7.04. The summed E-state index contributed by atoms with van der Waals surface area (Å²) < 4.78 is 27.6. The number of ether oxygens (including phenoxy) is 2. The van der Waals surface area contributed by atoms with Crippen LogP contribution < -0.4 is 16.0 Å². The topological polar surface area (TPSA) is 130 Å². The maximum Gasteiger partial charge on any atom is 0.332 e. The van der Waals surface area contributed by atoms with Gasteiger partial charge in [0.1, 0.15) is 34.0 Å². The van der Waals surface area contributed by atoms with E-state index in [0.717, 1.165) is 11.3 Å². The summed E-state index contributed by atoms with van der Waals surface area (Å²) in [5, 5.41) is 18.3. The van der Waals surface area contributed by atoms with E-state index in [4.69, 9.17) is 9.47 Å². The number of benzene rings is 1. The van der Waals surface area contributed by atoms with E-state index in [1.165, 1.54) is 47.1 Å². The fourth-order valence-electron chi connectivity index (χ4n) is 4.00. The Morgan fingerprint density at radius 2 is 1.89 bits per heavy atom. The lowest BCUT2D eigenvalue weighted by Crippen LogP contribution is -2.42. The van der Waals surface area contributed by atoms with Crippen LogP contribution >= 0.6 is 11.3 Å². The average Bonchev–Trinajstić information content (AvgIpc) is 3.46. The minimum Gasteiger partial charge on any atom is -0.496 e. The number of hydrogen-bond acceptors (Lipinski definition) is 8. The summed E-state index contributed by atoms with van der Waals surface area (Å²) in [4.78, 5) is 39.9. The van der Waals surface area contributed by atoms with Crippen molar-refractivity contribution in [1.29, 1.82) is 0 Å². The van der Waals surface area contributed by atoms with Gasteiger partial charge >= 0.3 is 11.7 Å². The van der Waals surface area contributed by atoms with Crippen LogP contribution in [0.3, 0.4) is 0 Å². The van der Waals surface area contributed by atoms with Crippen molar-refractivity contribution in [3.05, 3.63) is 68.4 Å². The highest BCUT2D eigenvalue weighted by molar-refractivity contribution is 7.21. The van der Waals surface area contributed by atoms with Gasteiger partial charge < -0.3 is 14.6 Å². The van der Waals surface area contributed by atoms with E-state index in [9.17, 15) is 23.9 Å². The van der Waals surface area contributed by atoms with Crippen molar-refractivity contribution in [2.24, 2.45) is 0 Å². The van der Waals surface area contributed by atoms with Crippen molar-refractivity contribution in [3.63, 3.8) is 0 Å². The van der Waals surface area contributed by atoms with Crippen LogP contribution in [0, 0.1) is 12.7 Å². The molecule has 4 rings (SSSR count). The third-order valence-corrected chi connectivity index (χ3v) is 6.77. The molecule has 1 aromatic carbocycles. The highest BCUT2D eigenvalue weighted by atomic mass is 32.1. The zero-order valence-corrected chi connectivity index (χ0v) is 20.8. The molecule has 1 N–H and O–H groups in total. The summed E-state index contributed by atoms with van der Waals surface area (Å²) in [6.45, 7) is 4.30. The zero-order valence-electron chi connectivity index (χ0n) is 20.0. The van der Waals surface area contributed by atoms with Crippen LogP contribution in [0.15, 0.2) is 40.2 Å². The first-order chi connectivity index (χ1) is 17.1. The smallest absolute Gasteiger partial charge is 0.332 e. The number of thiophene rings is 1. The molecule has 0 bridgehead atoms. The summed E-state index contributed by atoms with van der Waals surface area (Å²) in [7, 11) is 1.44. The Morgan fingerprint density at radius 3 is 2.50 bits per heavy atom. The number of carbonyl (C=O) groups is 1. The average molecular weight is 518 g/mol. The first-order valence-corrected chi connectivity index (χ1v) is 11.8. The van der Waals surface area contributed by atoms with Crippen LogP contribution in [-0.4, -0.2) is 48.4 Å². The zero-order chi connectivity index (χ0) is 26.1. The van der Waals surface area contributed by atoms with Gasteiger partial charge in [0, 0.05) is 11.1 Å². The van der Waals surface area contributed by atoms with Gasteiger partial charge in [-0.2, -0.15) is 10.2 Å². The van der Waals surface area contributed by atoms with Crippen LogP contribution in [0.4, 0.5) is 4.39 Å². The Morgan fingerprint density at radius 1 is 1.19 bits per heavy atom. The highest BCUT2D eigenvalue weighted by Crippen LogP contribution is 2.34. The van der Waals surface area contributed by atoms with Crippen molar-refractivity contribution in [2.75, 3.05) is 7.11 Å². The van der Waals surface area contributed by atoms with E-state index in [-0.39, 0.29) is 18.0 Å². The second-order valence-electron chi connectivity index (χ2n) is 8.27. The number of nitrogens with zero attached hydrogens (tertiary/aromatic N) is 5. The second-order valence-corrected chi connectivity index (χ2v) is 9.25. The fraction of sp³-hybridized carbons (Fsp3) is 0.348.